The molecule has 32 heavy (non-hydrogen) atoms. The van der Waals surface area contributed by atoms with Crippen LogP contribution in [0.1, 0.15) is 87.4 Å². The molecule has 6 aliphatic carbocycles. The van der Waals surface area contributed by atoms with Crippen molar-refractivity contribution in [3.05, 3.63) is 29.8 Å². The molecule has 0 radical (unpaired) electrons. The Labute approximate surface area is 191 Å². The molecule has 1 N–H and O–H groups in total. The van der Waals surface area contributed by atoms with Crippen LogP contribution in [0.5, 0.6) is 5.75 Å². The third-order valence-electron chi connectivity index (χ3n) is 9.26. The van der Waals surface area contributed by atoms with Crippen molar-refractivity contribution in [2.45, 2.75) is 89.2 Å². The van der Waals surface area contributed by atoms with E-state index in [0.29, 0.717) is 35.5 Å². The summed E-state index contributed by atoms with van der Waals surface area (Å²) in [6, 6.07) is 8.12. The third-order valence-corrected chi connectivity index (χ3v) is 9.26. The Morgan fingerprint density at radius 2 is 1.44 bits per heavy atom. The van der Waals surface area contributed by atoms with Crippen LogP contribution in [0.25, 0.3) is 0 Å². The van der Waals surface area contributed by atoms with Gasteiger partial charge in [0.15, 0.2) is 0 Å². The largest absolute Gasteiger partial charge is 0.490 e. The minimum Gasteiger partial charge on any atom is -0.490 e. The van der Waals surface area contributed by atoms with Crippen molar-refractivity contribution < 1.29 is 14.3 Å². The summed E-state index contributed by atoms with van der Waals surface area (Å²) in [5, 5.41) is 3.40. The summed E-state index contributed by atoms with van der Waals surface area (Å²) in [4.78, 5) is 25.0. The Kier molecular flexibility index (Phi) is 5.51. The van der Waals surface area contributed by atoms with Gasteiger partial charge in [0.25, 0.3) is 5.91 Å². The van der Waals surface area contributed by atoms with E-state index in [9.17, 15) is 9.59 Å². The standard InChI is InChI=1S/C28H37NO3/c30-26(20-3-4-20)16-17-1-7-24(8-2-17)32-25-9-5-21(6-10-25)28(31)29-27-22-12-18-11-19(14-22)15-23(27)13-18/h5-6,9-10,17-20,22-24,27H,1-4,7-8,11-16H2,(H,29,31). The minimum absolute atomic E-state index is 0.0786. The van der Waals surface area contributed by atoms with E-state index in [1.54, 1.807) is 0 Å². The van der Waals surface area contributed by atoms with Gasteiger partial charge in [-0.05, 0) is 124 Å². The maximum absolute atomic E-state index is 12.9. The quantitative estimate of drug-likeness (QED) is 0.611. The monoisotopic (exact) mass is 435 g/mol. The maximum atomic E-state index is 12.9. The first-order chi connectivity index (χ1) is 15.6. The Bertz CT molecular complexity index is 822. The Morgan fingerprint density at radius 3 is 2.03 bits per heavy atom. The summed E-state index contributed by atoms with van der Waals surface area (Å²) in [7, 11) is 0. The molecule has 4 heteroatoms. The number of amides is 1. The second kappa shape index (κ2) is 8.50. The highest BCUT2D eigenvalue weighted by molar-refractivity contribution is 5.94. The topological polar surface area (TPSA) is 55.4 Å². The van der Waals surface area contributed by atoms with E-state index in [2.05, 4.69) is 5.32 Å². The fraction of sp³-hybridized carbons (Fsp3) is 0.714. The highest BCUT2D eigenvalue weighted by Gasteiger charge is 2.48. The lowest BCUT2D eigenvalue weighted by atomic mass is 9.54. The number of nitrogens with one attached hydrogen (secondary N) is 1. The van der Waals surface area contributed by atoms with Crippen molar-refractivity contribution in [1.82, 2.24) is 5.32 Å². The van der Waals surface area contributed by atoms with Gasteiger partial charge < -0.3 is 10.1 Å². The average molecular weight is 436 g/mol. The second-order valence-electron chi connectivity index (χ2n) is 11.7. The lowest BCUT2D eigenvalue weighted by Gasteiger charge is -2.54. The molecule has 6 aliphatic rings. The molecule has 4 bridgehead atoms. The van der Waals surface area contributed by atoms with E-state index in [0.717, 1.165) is 68.1 Å². The average Bonchev–Trinajstić information content (AvgIpc) is 3.63. The number of ketones is 1. The molecule has 0 aliphatic heterocycles. The highest BCUT2D eigenvalue weighted by atomic mass is 16.5. The molecule has 0 spiro atoms. The number of rotatable bonds is 7. The lowest BCUT2D eigenvalue weighted by Crippen LogP contribution is -2.55. The summed E-state index contributed by atoms with van der Waals surface area (Å²) in [5.74, 6) is 5.63. The van der Waals surface area contributed by atoms with Crippen LogP contribution in [-0.2, 0) is 4.79 Å². The smallest absolute Gasteiger partial charge is 0.251 e. The predicted octanol–water partition coefficient (Wildman–Crippen LogP) is 5.55. The van der Waals surface area contributed by atoms with Gasteiger partial charge in [0.2, 0.25) is 0 Å². The molecule has 1 amide bonds. The first kappa shape index (κ1) is 20.7. The summed E-state index contributed by atoms with van der Waals surface area (Å²) >= 11 is 0. The number of ether oxygens (including phenoxy) is 1. The van der Waals surface area contributed by atoms with Crippen molar-refractivity contribution in [2.75, 3.05) is 0 Å². The molecule has 6 fully saturated rings. The number of carbonyl (C=O) groups is 2. The summed E-state index contributed by atoms with van der Waals surface area (Å²) in [5.41, 5.74) is 0.744. The van der Waals surface area contributed by atoms with E-state index in [1.807, 2.05) is 24.3 Å². The molecular formula is C28H37NO3. The number of hydrogen-bond acceptors (Lipinski definition) is 3. The van der Waals surface area contributed by atoms with Crippen LogP contribution in [0, 0.1) is 35.5 Å². The number of benzene rings is 1. The molecule has 1 aromatic rings. The van der Waals surface area contributed by atoms with Gasteiger partial charge in [-0.1, -0.05) is 0 Å². The zero-order chi connectivity index (χ0) is 21.7. The Balaban J connectivity index is 0.987. The fourth-order valence-corrected chi connectivity index (χ4v) is 7.58. The van der Waals surface area contributed by atoms with Crippen LogP contribution in [-0.4, -0.2) is 23.8 Å². The molecule has 0 atom stereocenters. The fourth-order valence-electron chi connectivity index (χ4n) is 7.58. The van der Waals surface area contributed by atoms with Crippen LogP contribution in [0.3, 0.4) is 0 Å². The maximum Gasteiger partial charge on any atom is 0.251 e. The van der Waals surface area contributed by atoms with Gasteiger partial charge >= 0.3 is 0 Å². The molecule has 0 heterocycles. The van der Waals surface area contributed by atoms with Crippen LogP contribution in [0.2, 0.25) is 0 Å². The second-order valence-corrected chi connectivity index (χ2v) is 11.7. The van der Waals surface area contributed by atoms with Gasteiger partial charge in [-0.25, -0.2) is 0 Å². The summed E-state index contributed by atoms with van der Waals surface area (Å²) < 4.78 is 6.21. The molecule has 4 nitrogen and oxygen atoms in total. The summed E-state index contributed by atoms with van der Waals surface area (Å²) in [6.07, 6.45) is 14.2. The molecule has 0 unspecified atom stereocenters. The molecular weight excluding hydrogens is 398 g/mol. The molecule has 6 saturated carbocycles. The van der Waals surface area contributed by atoms with E-state index in [1.165, 1.54) is 32.1 Å². The summed E-state index contributed by atoms with van der Waals surface area (Å²) in [6.45, 7) is 0. The number of hydrogen-bond donors (Lipinski definition) is 1. The van der Waals surface area contributed by atoms with Crippen LogP contribution >= 0.6 is 0 Å². The van der Waals surface area contributed by atoms with Crippen molar-refractivity contribution in [3.8, 4) is 5.75 Å². The van der Waals surface area contributed by atoms with Crippen molar-refractivity contribution in [3.63, 3.8) is 0 Å². The van der Waals surface area contributed by atoms with Crippen molar-refractivity contribution >= 4 is 11.7 Å². The number of Topliss-reactive ketones (excluding diaryl/α,β-unsaturated/α-hetero) is 1. The highest BCUT2D eigenvalue weighted by Crippen LogP contribution is 2.53. The Hall–Kier alpha value is -1.84. The molecule has 7 rings (SSSR count). The van der Waals surface area contributed by atoms with Gasteiger partial charge in [-0.3, -0.25) is 9.59 Å². The van der Waals surface area contributed by atoms with Gasteiger partial charge in [0.05, 0.1) is 6.10 Å². The van der Waals surface area contributed by atoms with Gasteiger partial charge in [-0.2, -0.15) is 0 Å². The van der Waals surface area contributed by atoms with Crippen LogP contribution < -0.4 is 10.1 Å². The predicted molar refractivity (Wildman–Crippen MR) is 123 cm³/mol. The van der Waals surface area contributed by atoms with E-state index in [-0.39, 0.29) is 12.0 Å². The van der Waals surface area contributed by atoms with Gasteiger partial charge in [0, 0.05) is 23.9 Å². The van der Waals surface area contributed by atoms with E-state index >= 15 is 0 Å². The van der Waals surface area contributed by atoms with Crippen molar-refractivity contribution in [2.24, 2.45) is 35.5 Å². The van der Waals surface area contributed by atoms with E-state index < -0.39 is 0 Å². The van der Waals surface area contributed by atoms with Crippen LogP contribution in [0.4, 0.5) is 0 Å². The lowest BCUT2D eigenvalue weighted by molar-refractivity contribution is -0.121. The SMILES string of the molecule is O=C(NC1C2CC3CC(C2)CC1C3)c1ccc(OC2CCC(CC(=O)C3CC3)CC2)cc1. The van der Waals surface area contributed by atoms with Crippen molar-refractivity contribution in [1.29, 1.82) is 0 Å². The van der Waals surface area contributed by atoms with Gasteiger partial charge in [0.1, 0.15) is 11.5 Å². The Morgan fingerprint density at radius 1 is 0.812 bits per heavy atom. The van der Waals surface area contributed by atoms with Crippen LogP contribution in [0.15, 0.2) is 24.3 Å². The first-order valence-corrected chi connectivity index (χ1v) is 13.2. The zero-order valence-corrected chi connectivity index (χ0v) is 19.1. The third kappa shape index (κ3) is 4.34. The molecule has 1 aromatic carbocycles. The molecule has 172 valence electrons. The first-order valence-electron chi connectivity index (χ1n) is 13.2. The van der Waals surface area contributed by atoms with E-state index in [4.69, 9.17) is 4.74 Å². The molecule has 0 saturated heterocycles. The minimum atomic E-state index is 0.0786. The van der Waals surface area contributed by atoms with Gasteiger partial charge in [-0.15, -0.1) is 0 Å². The normalized spacial score (nSPS) is 37.8. The molecule has 0 aromatic heterocycles. The zero-order valence-electron chi connectivity index (χ0n) is 19.1. The number of carbonyl (C=O) groups excluding carboxylic acids is 2.